The van der Waals surface area contributed by atoms with Gasteiger partial charge in [-0.1, -0.05) is 48.0 Å². The lowest BCUT2D eigenvalue weighted by Gasteiger charge is -2.06. The van der Waals surface area contributed by atoms with Crippen molar-refractivity contribution in [2.75, 3.05) is 5.32 Å². The molecule has 0 bridgehead atoms. The zero-order valence-electron chi connectivity index (χ0n) is 14.2. The van der Waals surface area contributed by atoms with E-state index in [1.165, 1.54) is 0 Å². The van der Waals surface area contributed by atoms with E-state index >= 15 is 0 Å². The molecule has 0 radical (unpaired) electrons. The highest BCUT2D eigenvalue weighted by molar-refractivity contribution is 6.30. The third-order valence-electron chi connectivity index (χ3n) is 3.98. The van der Waals surface area contributed by atoms with Crippen LogP contribution in [0.1, 0.15) is 10.5 Å². The molecule has 0 spiro atoms. The minimum absolute atomic E-state index is 0.300. The van der Waals surface area contributed by atoms with Gasteiger partial charge in [0, 0.05) is 22.5 Å². The summed E-state index contributed by atoms with van der Waals surface area (Å²) in [5.74, 6) is 0.339. The molecule has 1 amide bonds. The van der Waals surface area contributed by atoms with Crippen molar-refractivity contribution in [3.05, 3.63) is 95.8 Å². The number of hydrogen-bond acceptors (Lipinski definition) is 3. The molecule has 0 aliphatic rings. The lowest BCUT2D eigenvalue weighted by molar-refractivity contribution is 0.102. The molecule has 2 heterocycles. The summed E-state index contributed by atoms with van der Waals surface area (Å²) in [6.45, 7) is 0. The molecule has 0 saturated heterocycles. The fraction of sp³-hybridized carbons (Fsp3) is 0. The van der Waals surface area contributed by atoms with Gasteiger partial charge in [-0.3, -0.25) is 4.79 Å². The number of nitrogens with one attached hydrogen (secondary N) is 1. The van der Waals surface area contributed by atoms with Crippen molar-refractivity contribution >= 4 is 23.2 Å². The maximum atomic E-state index is 12.7. The molecule has 132 valence electrons. The number of hydrogen-bond donors (Lipinski definition) is 1. The van der Waals surface area contributed by atoms with E-state index in [1.54, 1.807) is 41.2 Å². The van der Waals surface area contributed by atoms with E-state index in [2.05, 4.69) is 15.4 Å². The van der Waals surface area contributed by atoms with Crippen molar-refractivity contribution in [2.24, 2.45) is 0 Å². The van der Waals surface area contributed by atoms with Crippen molar-refractivity contribution in [1.29, 1.82) is 0 Å². The smallest absolute Gasteiger partial charge is 0.276 e. The van der Waals surface area contributed by atoms with Crippen LogP contribution in [0.15, 0.2) is 85.1 Å². The van der Waals surface area contributed by atoms with Crippen LogP contribution in [0.5, 0.6) is 0 Å². The number of halogens is 1. The topological polar surface area (TPSA) is 59.8 Å². The average molecular weight is 375 g/mol. The van der Waals surface area contributed by atoms with Gasteiger partial charge in [-0.05, 0) is 42.5 Å². The van der Waals surface area contributed by atoms with Gasteiger partial charge in [-0.2, -0.15) is 5.10 Å². The number of amides is 1. The van der Waals surface area contributed by atoms with E-state index in [0.717, 1.165) is 11.3 Å². The third kappa shape index (κ3) is 3.73. The minimum atomic E-state index is -0.302. The molecule has 0 unspecified atom stereocenters. The summed E-state index contributed by atoms with van der Waals surface area (Å²) < 4.78 is 1.67. The summed E-state index contributed by atoms with van der Waals surface area (Å²) in [6, 6.07) is 24.0. The highest BCUT2D eigenvalue weighted by Gasteiger charge is 2.17. The van der Waals surface area contributed by atoms with E-state index in [0.29, 0.717) is 22.2 Å². The first-order valence-electron chi connectivity index (χ1n) is 8.34. The largest absolute Gasteiger partial charge is 0.321 e. The van der Waals surface area contributed by atoms with Crippen LogP contribution in [0, 0.1) is 0 Å². The van der Waals surface area contributed by atoms with Crippen LogP contribution in [-0.4, -0.2) is 20.7 Å². The summed E-state index contributed by atoms with van der Waals surface area (Å²) in [5.41, 5.74) is 2.68. The van der Waals surface area contributed by atoms with Crippen LogP contribution in [0.3, 0.4) is 0 Å². The molecule has 0 fully saturated rings. The molecule has 0 saturated carbocycles. The van der Waals surface area contributed by atoms with Gasteiger partial charge in [-0.15, -0.1) is 0 Å². The molecule has 0 aliphatic heterocycles. The maximum absolute atomic E-state index is 12.7. The lowest BCUT2D eigenvalue weighted by atomic mass is 10.1. The predicted molar refractivity (Wildman–Crippen MR) is 106 cm³/mol. The van der Waals surface area contributed by atoms with Gasteiger partial charge in [0.25, 0.3) is 5.91 Å². The number of nitrogens with zero attached hydrogens (tertiary/aromatic N) is 3. The van der Waals surface area contributed by atoms with E-state index < -0.39 is 0 Å². The Bertz CT molecular complexity index is 1000. The molecule has 0 atom stereocenters. The summed E-state index contributed by atoms with van der Waals surface area (Å²) in [6.07, 6.45) is 1.69. The van der Waals surface area contributed by atoms with Gasteiger partial charge < -0.3 is 5.32 Å². The van der Waals surface area contributed by atoms with Crippen LogP contribution in [0.25, 0.3) is 17.1 Å². The van der Waals surface area contributed by atoms with Crippen molar-refractivity contribution < 1.29 is 4.79 Å². The third-order valence-corrected chi connectivity index (χ3v) is 4.23. The molecule has 4 rings (SSSR count). The van der Waals surface area contributed by atoms with E-state index in [4.69, 9.17) is 11.6 Å². The molecular formula is C21H15ClN4O. The van der Waals surface area contributed by atoms with E-state index in [9.17, 15) is 4.79 Å². The first-order valence-corrected chi connectivity index (χ1v) is 8.72. The first-order chi connectivity index (χ1) is 13.2. The lowest BCUT2D eigenvalue weighted by Crippen LogP contribution is -2.13. The molecule has 27 heavy (non-hydrogen) atoms. The molecule has 5 nitrogen and oxygen atoms in total. The number of aromatic nitrogens is 3. The quantitative estimate of drug-likeness (QED) is 0.556. The van der Waals surface area contributed by atoms with E-state index in [-0.39, 0.29) is 5.91 Å². The molecule has 4 aromatic rings. The Morgan fingerprint density at radius 2 is 1.67 bits per heavy atom. The Morgan fingerprint density at radius 3 is 2.37 bits per heavy atom. The zero-order chi connectivity index (χ0) is 18.6. The number of benzene rings is 2. The second-order valence-electron chi connectivity index (χ2n) is 5.84. The Kier molecular flexibility index (Phi) is 4.68. The number of rotatable bonds is 4. The molecule has 1 N–H and O–H groups in total. The fourth-order valence-electron chi connectivity index (χ4n) is 2.69. The first kappa shape index (κ1) is 17.0. The summed E-state index contributed by atoms with van der Waals surface area (Å²) >= 11 is 5.89. The van der Waals surface area contributed by atoms with Gasteiger partial charge >= 0.3 is 0 Å². The number of pyridine rings is 1. The Labute approximate surface area is 161 Å². The molecule has 0 aliphatic carbocycles. The second kappa shape index (κ2) is 7.43. The Morgan fingerprint density at radius 1 is 0.926 bits per heavy atom. The Hall–Kier alpha value is -3.44. The zero-order valence-corrected chi connectivity index (χ0v) is 15.0. The monoisotopic (exact) mass is 374 g/mol. The van der Waals surface area contributed by atoms with Crippen LogP contribution in [0.2, 0.25) is 5.02 Å². The number of carbonyl (C=O) groups excluding carboxylic acids is 1. The standard InChI is InChI=1S/C21H15ClN4O/c22-16-9-11-17(12-10-16)24-21(27)18-14-19(15-6-2-1-3-7-15)26(25-18)20-8-4-5-13-23-20/h1-14H,(H,24,27). The van der Waals surface area contributed by atoms with E-state index in [1.807, 2.05) is 48.5 Å². The van der Waals surface area contributed by atoms with Crippen LogP contribution in [-0.2, 0) is 0 Å². The summed E-state index contributed by atoms with van der Waals surface area (Å²) in [5, 5.41) is 7.93. The predicted octanol–water partition coefficient (Wildman–Crippen LogP) is 4.84. The normalized spacial score (nSPS) is 10.6. The van der Waals surface area contributed by atoms with Crippen molar-refractivity contribution in [3.63, 3.8) is 0 Å². The number of anilines is 1. The molecule has 2 aromatic carbocycles. The molecular weight excluding hydrogens is 360 g/mol. The fourth-order valence-corrected chi connectivity index (χ4v) is 2.81. The molecule has 6 heteroatoms. The average Bonchev–Trinajstić information content (AvgIpc) is 3.17. The summed E-state index contributed by atoms with van der Waals surface area (Å²) in [4.78, 5) is 17.0. The highest BCUT2D eigenvalue weighted by Crippen LogP contribution is 2.24. The minimum Gasteiger partial charge on any atom is -0.321 e. The van der Waals surface area contributed by atoms with Crippen LogP contribution < -0.4 is 5.32 Å². The van der Waals surface area contributed by atoms with Crippen molar-refractivity contribution in [1.82, 2.24) is 14.8 Å². The van der Waals surface area contributed by atoms with Crippen LogP contribution >= 0.6 is 11.6 Å². The SMILES string of the molecule is O=C(Nc1ccc(Cl)cc1)c1cc(-c2ccccc2)n(-c2ccccn2)n1. The van der Waals surface area contributed by atoms with Crippen LogP contribution in [0.4, 0.5) is 5.69 Å². The summed E-state index contributed by atoms with van der Waals surface area (Å²) in [7, 11) is 0. The highest BCUT2D eigenvalue weighted by atomic mass is 35.5. The van der Waals surface area contributed by atoms with Gasteiger partial charge in [-0.25, -0.2) is 9.67 Å². The van der Waals surface area contributed by atoms with Crippen molar-refractivity contribution in [2.45, 2.75) is 0 Å². The van der Waals surface area contributed by atoms with Crippen molar-refractivity contribution in [3.8, 4) is 17.1 Å². The Balaban J connectivity index is 1.72. The maximum Gasteiger partial charge on any atom is 0.276 e. The van der Waals surface area contributed by atoms with Gasteiger partial charge in [0.05, 0.1) is 5.69 Å². The molecule has 2 aromatic heterocycles. The van der Waals surface area contributed by atoms with Gasteiger partial charge in [0.15, 0.2) is 11.5 Å². The van der Waals surface area contributed by atoms with Gasteiger partial charge in [0.2, 0.25) is 0 Å². The van der Waals surface area contributed by atoms with Gasteiger partial charge in [0.1, 0.15) is 0 Å². The second-order valence-corrected chi connectivity index (χ2v) is 6.28. The number of carbonyl (C=O) groups is 1.